The van der Waals surface area contributed by atoms with E-state index in [9.17, 15) is 9.59 Å². The Balaban J connectivity index is 1.99. The van der Waals surface area contributed by atoms with Crippen LogP contribution >= 0.6 is 0 Å². The number of H-pyrrole nitrogens is 1. The lowest BCUT2D eigenvalue weighted by molar-refractivity contribution is 0.520. The lowest BCUT2D eigenvalue weighted by Gasteiger charge is -2.12. The summed E-state index contributed by atoms with van der Waals surface area (Å²) >= 11 is 0. The first-order valence-corrected chi connectivity index (χ1v) is 6.87. The molecule has 0 bridgehead atoms. The standard InChI is InChI=1S/C13H19N5O2/c1-4-13(5-6-13)7-14-11-15-8-9(16-11)17(2)12(20)18(3)10(8)19/h4-7H2,1-3H3,(H2,14,15,16). The predicted molar refractivity (Wildman–Crippen MR) is 77.0 cm³/mol. The molecule has 0 atom stereocenters. The molecule has 0 radical (unpaired) electrons. The molecule has 108 valence electrons. The van der Waals surface area contributed by atoms with Crippen LogP contribution in [0.5, 0.6) is 0 Å². The van der Waals surface area contributed by atoms with Gasteiger partial charge in [-0.15, -0.1) is 0 Å². The number of imidazole rings is 1. The number of aryl methyl sites for hydroxylation is 1. The van der Waals surface area contributed by atoms with Crippen LogP contribution in [-0.2, 0) is 14.1 Å². The highest BCUT2D eigenvalue weighted by Gasteiger charge is 2.40. The summed E-state index contributed by atoms with van der Waals surface area (Å²) in [6.07, 6.45) is 3.61. The first-order valence-electron chi connectivity index (χ1n) is 6.87. The van der Waals surface area contributed by atoms with Crippen LogP contribution in [0.3, 0.4) is 0 Å². The van der Waals surface area contributed by atoms with Gasteiger partial charge in [0.15, 0.2) is 11.2 Å². The van der Waals surface area contributed by atoms with E-state index >= 15 is 0 Å². The fourth-order valence-electron chi connectivity index (χ4n) is 2.51. The quantitative estimate of drug-likeness (QED) is 0.855. The molecule has 0 unspecified atom stereocenters. The zero-order chi connectivity index (χ0) is 14.5. The molecule has 0 aliphatic heterocycles. The number of anilines is 1. The van der Waals surface area contributed by atoms with E-state index in [1.165, 1.54) is 24.5 Å². The minimum atomic E-state index is -0.368. The highest BCUT2D eigenvalue weighted by Crippen LogP contribution is 2.48. The summed E-state index contributed by atoms with van der Waals surface area (Å²) in [6, 6.07) is 0. The molecule has 0 aromatic carbocycles. The topological polar surface area (TPSA) is 84.7 Å². The molecular weight excluding hydrogens is 258 g/mol. The first kappa shape index (κ1) is 13.0. The van der Waals surface area contributed by atoms with Crippen molar-refractivity contribution in [2.75, 3.05) is 11.9 Å². The summed E-state index contributed by atoms with van der Waals surface area (Å²) in [5, 5.41) is 3.25. The van der Waals surface area contributed by atoms with Crippen LogP contribution in [0.2, 0.25) is 0 Å². The van der Waals surface area contributed by atoms with Gasteiger partial charge in [0.2, 0.25) is 5.95 Å². The van der Waals surface area contributed by atoms with Gasteiger partial charge in [-0.2, -0.15) is 4.98 Å². The SMILES string of the molecule is CCC1(CNc2nc3c([nH]2)c(=O)n(C)c(=O)n3C)CC1. The minimum Gasteiger partial charge on any atom is -0.355 e. The Morgan fingerprint density at radius 1 is 1.30 bits per heavy atom. The Morgan fingerprint density at radius 3 is 2.60 bits per heavy atom. The molecule has 7 heteroatoms. The van der Waals surface area contributed by atoms with E-state index in [1.54, 1.807) is 7.05 Å². The van der Waals surface area contributed by atoms with Crippen molar-refractivity contribution < 1.29 is 0 Å². The molecule has 2 aromatic rings. The van der Waals surface area contributed by atoms with Crippen molar-refractivity contribution in [3.8, 4) is 0 Å². The highest BCUT2D eigenvalue weighted by atomic mass is 16.2. The molecule has 2 heterocycles. The van der Waals surface area contributed by atoms with Crippen LogP contribution in [0, 0.1) is 5.41 Å². The van der Waals surface area contributed by atoms with Gasteiger partial charge < -0.3 is 10.3 Å². The summed E-state index contributed by atoms with van der Waals surface area (Å²) in [6.45, 7) is 3.03. The van der Waals surface area contributed by atoms with Crippen molar-refractivity contribution in [1.29, 1.82) is 0 Å². The molecule has 1 fully saturated rings. The van der Waals surface area contributed by atoms with E-state index in [1.807, 2.05) is 0 Å². The van der Waals surface area contributed by atoms with E-state index in [0.29, 0.717) is 22.5 Å². The number of hydrogen-bond donors (Lipinski definition) is 2. The van der Waals surface area contributed by atoms with Gasteiger partial charge in [0.25, 0.3) is 5.56 Å². The third-order valence-electron chi connectivity index (χ3n) is 4.43. The van der Waals surface area contributed by atoms with Crippen molar-refractivity contribution in [3.63, 3.8) is 0 Å². The smallest absolute Gasteiger partial charge is 0.332 e. The minimum absolute atomic E-state index is 0.347. The Morgan fingerprint density at radius 2 is 2.00 bits per heavy atom. The molecule has 3 rings (SSSR count). The Labute approximate surface area is 115 Å². The largest absolute Gasteiger partial charge is 0.355 e. The second-order valence-electron chi connectivity index (χ2n) is 5.70. The van der Waals surface area contributed by atoms with Crippen LogP contribution < -0.4 is 16.6 Å². The molecule has 1 saturated carbocycles. The molecule has 0 amide bonds. The number of hydrogen-bond acceptors (Lipinski definition) is 4. The van der Waals surface area contributed by atoms with E-state index in [4.69, 9.17) is 0 Å². The summed E-state index contributed by atoms with van der Waals surface area (Å²) in [5.74, 6) is 0.554. The number of nitrogens with zero attached hydrogens (tertiary/aromatic N) is 3. The van der Waals surface area contributed by atoms with Crippen molar-refractivity contribution >= 4 is 17.1 Å². The Bertz CT molecular complexity index is 778. The van der Waals surface area contributed by atoms with Gasteiger partial charge in [0.1, 0.15) is 0 Å². The molecule has 7 nitrogen and oxygen atoms in total. The van der Waals surface area contributed by atoms with Crippen LogP contribution in [-0.4, -0.2) is 25.6 Å². The van der Waals surface area contributed by atoms with Crippen molar-refractivity contribution in [2.24, 2.45) is 19.5 Å². The second-order valence-corrected chi connectivity index (χ2v) is 5.70. The fourth-order valence-corrected chi connectivity index (χ4v) is 2.51. The van der Waals surface area contributed by atoms with Crippen molar-refractivity contribution in [1.82, 2.24) is 19.1 Å². The zero-order valence-corrected chi connectivity index (χ0v) is 12.0. The fraction of sp³-hybridized carbons (Fsp3) is 0.615. The van der Waals surface area contributed by atoms with Crippen LogP contribution in [0.1, 0.15) is 26.2 Å². The lowest BCUT2D eigenvalue weighted by atomic mass is 10.0. The van der Waals surface area contributed by atoms with Crippen LogP contribution in [0.4, 0.5) is 5.95 Å². The second kappa shape index (κ2) is 4.22. The average molecular weight is 277 g/mol. The van der Waals surface area contributed by atoms with Gasteiger partial charge in [-0.1, -0.05) is 6.92 Å². The molecule has 20 heavy (non-hydrogen) atoms. The van der Waals surface area contributed by atoms with Gasteiger partial charge in [-0.05, 0) is 24.7 Å². The monoisotopic (exact) mass is 277 g/mol. The molecule has 2 N–H and O–H groups in total. The van der Waals surface area contributed by atoms with E-state index < -0.39 is 0 Å². The summed E-state index contributed by atoms with van der Waals surface area (Å²) in [4.78, 5) is 31.2. The average Bonchev–Trinajstić information content (AvgIpc) is 3.12. The van der Waals surface area contributed by atoms with Crippen LogP contribution in [0.25, 0.3) is 11.2 Å². The number of fused-ring (bicyclic) bond motifs is 1. The maximum absolute atomic E-state index is 12.0. The number of aromatic amines is 1. The summed E-state index contributed by atoms with van der Waals surface area (Å²) in [5.41, 5.74) is 0.420. The summed E-state index contributed by atoms with van der Waals surface area (Å²) < 4.78 is 2.46. The van der Waals surface area contributed by atoms with Crippen molar-refractivity contribution in [2.45, 2.75) is 26.2 Å². The van der Waals surface area contributed by atoms with Crippen molar-refractivity contribution in [3.05, 3.63) is 20.8 Å². The Hall–Kier alpha value is -2.05. The first-order chi connectivity index (χ1) is 9.47. The third kappa shape index (κ3) is 1.85. The molecular formula is C13H19N5O2. The normalized spacial score (nSPS) is 16.6. The number of rotatable bonds is 4. The van der Waals surface area contributed by atoms with Gasteiger partial charge in [0.05, 0.1) is 0 Å². The maximum Gasteiger partial charge on any atom is 0.332 e. The van der Waals surface area contributed by atoms with Gasteiger partial charge in [0, 0.05) is 20.6 Å². The maximum atomic E-state index is 12.0. The zero-order valence-electron chi connectivity index (χ0n) is 12.0. The number of aromatic nitrogens is 4. The highest BCUT2D eigenvalue weighted by molar-refractivity contribution is 5.72. The molecule has 2 aromatic heterocycles. The molecule has 1 aliphatic carbocycles. The predicted octanol–water partition coefficient (Wildman–Crippen LogP) is 0.562. The van der Waals surface area contributed by atoms with Gasteiger partial charge in [-0.3, -0.25) is 13.9 Å². The van der Waals surface area contributed by atoms with Gasteiger partial charge in [-0.25, -0.2) is 4.79 Å². The molecule has 0 spiro atoms. The number of nitrogens with one attached hydrogen (secondary N) is 2. The van der Waals surface area contributed by atoms with E-state index in [-0.39, 0.29) is 11.2 Å². The van der Waals surface area contributed by atoms with E-state index in [2.05, 4.69) is 22.2 Å². The van der Waals surface area contributed by atoms with Crippen LogP contribution in [0.15, 0.2) is 9.59 Å². The van der Waals surface area contributed by atoms with E-state index in [0.717, 1.165) is 17.5 Å². The van der Waals surface area contributed by atoms with Gasteiger partial charge >= 0.3 is 5.69 Å². The molecule has 1 aliphatic rings. The lowest BCUT2D eigenvalue weighted by Crippen LogP contribution is -2.36. The molecule has 0 saturated heterocycles. The summed E-state index contributed by atoms with van der Waals surface area (Å²) in [7, 11) is 3.08. The Kier molecular flexibility index (Phi) is 2.74. The third-order valence-corrected chi connectivity index (χ3v) is 4.43.